The quantitative estimate of drug-likeness (QED) is 0.766. The third-order valence-corrected chi connectivity index (χ3v) is 2.19. The molecule has 1 heterocycles. The molecule has 0 atom stereocenters. The molecule has 0 saturated heterocycles. The molecule has 7 nitrogen and oxygen atoms in total. The lowest BCUT2D eigenvalue weighted by Crippen LogP contribution is -2.20. The lowest BCUT2D eigenvalue weighted by atomic mass is 10.1. The van der Waals surface area contributed by atoms with E-state index in [0.29, 0.717) is 0 Å². The number of rotatable bonds is 2. The summed E-state index contributed by atoms with van der Waals surface area (Å²) in [6.45, 7) is 0. The lowest BCUT2D eigenvalue weighted by Gasteiger charge is -2.11. The number of tetrazole rings is 1. The van der Waals surface area contributed by atoms with Crippen molar-refractivity contribution in [1.29, 1.82) is 0 Å². The van der Waals surface area contributed by atoms with E-state index in [0.717, 1.165) is 18.2 Å². The fourth-order valence-electron chi connectivity index (χ4n) is 1.42. The van der Waals surface area contributed by atoms with Crippen molar-refractivity contribution >= 4 is 11.7 Å². The summed E-state index contributed by atoms with van der Waals surface area (Å²) in [7, 11) is 0. The minimum absolute atomic E-state index is 0.0395. The van der Waals surface area contributed by atoms with E-state index in [2.05, 4.69) is 25.9 Å². The van der Waals surface area contributed by atoms with Crippen LogP contribution in [0.15, 0.2) is 18.2 Å². The van der Waals surface area contributed by atoms with Gasteiger partial charge in [-0.1, -0.05) is 0 Å². The number of aromatic nitrogens is 4. The molecule has 0 spiro atoms. The van der Waals surface area contributed by atoms with Crippen LogP contribution < -0.4 is 11.1 Å². The Bertz CT molecular complexity index is 594. The molecule has 2 rings (SSSR count). The topological polar surface area (TPSA) is 110 Å². The Hall–Kier alpha value is -2.65. The van der Waals surface area contributed by atoms with E-state index in [-0.39, 0.29) is 17.1 Å². The zero-order chi connectivity index (χ0) is 14.0. The normalized spacial score (nSPS) is 11.3. The van der Waals surface area contributed by atoms with Gasteiger partial charge in [0.1, 0.15) is 0 Å². The average Bonchev–Trinajstić information content (AvgIpc) is 2.80. The molecular formula is C9H7F3N6O. The van der Waals surface area contributed by atoms with Crippen molar-refractivity contribution < 1.29 is 18.0 Å². The number of urea groups is 1. The Morgan fingerprint density at radius 3 is 2.63 bits per heavy atom. The number of hydrogen-bond donors (Lipinski definition) is 3. The molecule has 1 aromatic heterocycles. The highest BCUT2D eigenvalue weighted by Gasteiger charge is 2.31. The molecule has 4 N–H and O–H groups in total. The summed E-state index contributed by atoms with van der Waals surface area (Å²) in [5.74, 6) is -0.0881. The van der Waals surface area contributed by atoms with Gasteiger partial charge < -0.3 is 11.1 Å². The van der Waals surface area contributed by atoms with Crippen LogP contribution in [0.25, 0.3) is 11.4 Å². The van der Waals surface area contributed by atoms with Crippen molar-refractivity contribution in [2.24, 2.45) is 5.73 Å². The molecule has 10 heteroatoms. The highest BCUT2D eigenvalue weighted by atomic mass is 19.4. The number of anilines is 1. The zero-order valence-electron chi connectivity index (χ0n) is 9.19. The van der Waals surface area contributed by atoms with Gasteiger partial charge in [0.25, 0.3) is 0 Å². The van der Waals surface area contributed by atoms with Crippen LogP contribution in [0.5, 0.6) is 0 Å². The van der Waals surface area contributed by atoms with Crippen LogP contribution in [0, 0.1) is 0 Å². The summed E-state index contributed by atoms with van der Waals surface area (Å²) in [6, 6.07) is 1.77. The maximum Gasteiger partial charge on any atom is 0.416 e. The first kappa shape index (κ1) is 12.8. The number of aromatic amines is 1. The average molecular weight is 272 g/mol. The van der Waals surface area contributed by atoms with Crippen molar-refractivity contribution in [2.45, 2.75) is 6.18 Å². The van der Waals surface area contributed by atoms with Crippen LogP contribution in [-0.2, 0) is 6.18 Å². The summed E-state index contributed by atoms with van der Waals surface area (Å²) in [4.78, 5) is 10.8. The first-order valence-corrected chi connectivity index (χ1v) is 4.89. The van der Waals surface area contributed by atoms with E-state index in [4.69, 9.17) is 5.73 Å². The van der Waals surface area contributed by atoms with E-state index < -0.39 is 17.8 Å². The number of primary amides is 1. The van der Waals surface area contributed by atoms with Crippen LogP contribution in [0.4, 0.5) is 23.7 Å². The number of hydrogen-bond acceptors (Lipinski definition) is 4. The van der Waals surface area contributed by atoms with Crippen LogP contribution >= 0.6 is 0 Å². The number of H-pyrrole nitrogens is 1. The minimum Gasteiger partial charge on any atom is -0.351 e. The molecule has 0 unspecified atom stereocenters. The molecule has 2 amide bonds. The summed E-state index contributed by atoms with van der Waals surface area (Å²) >= 11 is 0. The molecule has 19 heavy (non-hydrogen) atoms. The highest BCUT2D eigenvalue weighted by Crippen LogP contribution is 2.34. The molecular weight excluding hydrogens is 265 g/mol. The zero-order valence-corrected chi connectivity index (χ0v) is 9.19. The van der Waals surface area contributed by atoms with Gasteiger partial charge in [0.05, 0.1) is 11.3 Å². The maximum absolute atomic E-state index is 12.6. The highest BCUT2D eigenvalue weighted by molar-refractivity contribution is 5.92. The van der Waals surface area contributed by atoms with Crippen LogP contribution in [-0.4, -0.2) is 26.7 Å². The van der Waals surface area contributed by atoms with Crippen molar-refractivity contribution in [3.8, 4) is 11.4 Å². The monoisotopic (exact) mass is 272 g/mol. The first-order chi connectivity index (χ1) is 8.88. The third-order valence-electron chi connectivity index (χ3n) is 2.19. The standard InChI is InChI=1S/C9H7F3N6O/c10-9(11,12)4-1-2-6(14-8(13)19)5(3-4)7-15-17-18-16-7/h1-3H,(H3,13,14,19)(H,15,16,17,18). The van der Waals surface area contributed by atoms with Crippen LogP contribution in [0.1, 0.15) is 5.56 Å². The van der Waals surface area contributed by atoms with E-state index in [9.17, 15) is 18.0 Å². The Kier molecular flexibility index (Phi) is 3.07. The fourth-order valence-corrected chi connectivity index (χ4v) is 1.42. The number of benzene rings is 1. The van der Waals surface area contributed by atoms with Gasteiger partial charge in [-0.2, -0.15) is 18.4 Å². The molecule has 1 aromatic carbocycles. The number of nitrogens with one attached hydrogen (secondary N) is 2. The van der Waals surface area contributed by atoms with E-state index in [1.54, 1.807) is 0 Å². The SMILES string of the molecule is NC(=O)Nc1ccc(C(F)(F)F)cc1-c1nn[nH]n1. The smallest absolute Gasteiger partial charge is 0.351 e. The van der Waals surface area contributed by atoms with E-state index in [1.165, 1.54) is 0 Å². The minimum atomic E-state index is -4.52. The van der Waals surface area contributed by atoms with Crippen molar-refractivity contribution in [1.82, 2.24) is 20.6 Å². The molecule has 100 valence electrons. The predicted octanol–water partition coefficient (Wildman–Crippen LogP) is 1.38. The molecule has 0 bridgehead atoms. The van der Waals surface area contributed by atoms with Crippen LogP contribution in [0.3, 0.4) is 0 Å². The summed E-state index contributed by atoms with van der Waals surface area (Å²) in [5, 5.41) is 14.7. The number of carbonyl (C=O) groups excluding carboxylic acids is 1. The molecule has 0 radical (unpaired) electrons. The van der Waals surface area contributed by atoms with Gasteiger partial charge >= 0.3 is 12.2 Å². The Labute approximate surface area is 104 Å². The maximum atomic E-state index is 12.6. The number of alkyl halides is 3. The van der Waals surface area contributed by atoms with Crippen molar-refractivity contribution in [3.63, 3.8) is 0 Å². The van der Waals surface area contributed by atoms with E-state index >= 15 is 0 Å². The van der Waals surface area contributed by atoms with E-state index in [1.807, 2.05) is 0 Å². The van der Waals surface area contributed by atoms with Gasteiger partial charge in [-0.15, -0.1) is 10.2 Å². The number of nitrogens with two attached hydrogens (primary N) is 1. The third kappa shape index (κ3) is 2.78. The second-order valence-electron chi connectivity index (χ2n) is 3.48. The predicted molar refractivity (Wildman–Crippen MR) is 57.8 cm³/mol. The van der Waals surface area contributed by atoms with Gasteiger partial charge in [0.15, 0.2) is 0 Å². The number of amides is 2. The Morgan fingerprint density at radius 2 is 2.11 bits per heavy atom. The Balaban J connectivity index is 2.54. The van der Waals surface area contributed by atoms with Gasteiger partial charge in [0.2, 0.25) is 5.82 Å². The lowest BCUT2D eigenvalue weighted by molar-refractivity contribution is -0.137. The molecule has 0 aliphatic rings. The number of carbonyl (C=O) groups is 1. The first-order valence-electron chi connectivity index (χ1n) is 4.89. The van der Waals surface area contributed by atoms with Gasteiger partial charge in [-0.3, -0.25) is 0 Å². The Morgan fingerprint density at radius 1 is 1.37 bits per heavy atom. The summed E-state index contributed by atoms with van der Waals surface area (Å²) in [6.07, 6.45) is -4.52. The molecule has 0 saturated carbocycles. The molecule has 0 aliphatic heterocycles. The van der Waals surface area contributed by atoms with Gasteiger partial charge in [-0.05, 0) is 23.4 Å². The molecule has 0 fully saturated rings. The van der Waals surface area contributed by atoms with Crippen molar-refractivity contribution in [3.05, 3.63) is 23.8 Å². The number of nitrogens with zero attached hydrogens (tertiary/aromatic N) is 3. The van der Waals surface area contributed by atoms with Gasteiger partial charge in [0, 0.05) is 5.56 Å². The van der Waals surface area contributed by atoms with Gasteiger partial charge in [-0.25, -0.2) is 4.79 Å². The molecule has 0 aliphatic carbocycles. The second kappa shape index (κ2) is 4.55. The van der Waals surface area contributed by atoms with Crippen molar-refractivity contribution in [2.75, 3.05) is 5.32 Å². The number of halogens is 3. The second-order valence-corrected chi connectivity index (χ2v) is 3.48. The summed E-state index contributed by atoms with van der Waals surface area (Å²) < 4.78 is 37.9. The molecule has 2 aromatic rings. The van der Waals surface area contributed by atoms with Crippen LogP contribution in [0.2, 0.25) is 0 Å². The fraction of sp³-hybridized carbons (Fsp3) is 0.111. The largest absolute Gasteiger partial charge is 0.416 e. The summed E-state index contributed by atoms with van der Waals surface area (Å²) in [5.41, 5.74) is 4.05.